The Bertz CT molecular complexity index is 756. The second-order valence-corrected chi connectivity index (χ2v) is 5.99. The van der Waals surface area contributed by atoms with Crippen LogP contribution in [0.5, 0.6) is 0 Å². The zero-order chi connectivity index (χ0) is 14.1. The van der Waals surface area contributed by atoms with E-state index in [1.165, 1.54) is 0 Å². The highest BCUT2D eigenvalue weighted by Gasteiger charge is 2.12. The average molecular weight is 305 g/mol. The molecule has 1 aromatic carbocycles. The summed E-state index contributed by atoms with van der Waals surface area (Å²) < 4.78 is 0. The third kappa shape index (κ3) is 2.46. The zero-order valence-electron chi connectivity index (χ0n) is 11.2. The molecule has 3 aromatic rings. The van der Waals surface area contributed by atoms with Crippen LogP contribution in [0.2, 0.25) is 5.15 Å². The summed E-state index contributed by atoms with van der Waals surface area (Å²) in [7, 11) is 1.99. The van der Waals surface area contributed by atoms with Crippen molar-refractivity contribution in [1.82, 2.24) is 15.2 Å². The lowest BCUT2D eigenvalue weighted by Crippen LogP contribution is -2.18. The van der Waals surface area contributed by atoms with Crippen LogP contribution in [0.3, 0.4) is 0 Å². The van der Waals surface area contributed by atoms with Crippen molar-refractivity contribution in [2.75, 3.05) is 11.9 Å². The Morgan fingerprint density at radius 2 is 1.95 bits per heavy atom. The molecule has 2 heterocycles. The van der Waals surface area contributed by atoms with Crippen molar-refractivity contribution in [2.45, 2.75) is 13.5 Å². The Morgan fingerprint density at radius 3 is 2.65 bits per heavy atom. The summed E-state index contributed by atoms with van der Waals surface area (Å²) in [6.45, 7) is 2.70. The molecule has 0 bridgehead atoms. The van der Waals surface area contributed by atoms with Gasteiger partial charge in [-0.3, -0.25) is 0 Å². The van der Waals surface area contributed by atoms with E-state index in [4.69, 9.17) is 11.6 Å². The number of hydrogen-bond donors (Lipinski definition) is 0. The van der Waals surface area contributed by atoms with Gasteiger partial charge in [-0.25, -0.2) is 4.98 Å². The van der Waals surface area contributed by atoms with Crippen LogP contribution in [0.1, 0.15) is 10.7 Å². The normalized spacial score (nSPS) is 10.9. The topological polar surface area (TPSA) is 41.9 Å². The highest BCUT2D eigenvalue weighted by atomic mass is 35.5. The van der Waals surface area contributed by atoms with E-state index in [9.17, 15) is 0 Å². The van der Waals surface area contributed by atoms with Gasteiger partial charge in [0, 0.05) is 23.2 Å². The van der Waals surface area contributed by atoms with Crippen molar-refractivity contribution in [3.05, 3.63) is 45.5 Å². The second kappa shape index (κ2) is 5.34. The van der Waals surface area contributed by atoms with Crippen LogP contribution in [0.25, 0.3) is 10.8 Å². The van der Waals surface area contributed by atoms with E-state index in [2.05, 4.69) is 20.6 Å². The van der Waals surface area contributed by atoms with Crippen LogP contribution in [-0.4, -0.2) is 22.2 Å². The van der Waals surface area contributed by atoms with Crippen molar-refractivity contribution in [2.24, 2.45) is 0 Å². The van der Waals surface area contributed by atoms with Crippen LogP contribution in [-0.2, 0) is 6.54 Å². The number of benzene rings is 1. The molecule has 102 valence electrons. The summed E-state index contributed by atoms with van der Waals surface area (Å²) in [5, 5.41) is 13.7. The maximum absolute atomic E-state index is 6.09. The molecular formula is C14H13ClN4S. The molecule has 0 atom stereocenters. The van der Waals surface area contributed by atoms with E-state index in [1.54, 1.807) is 11.3 Å². The third-order valence-corrected chi connectivity index (χ3v) is 4.15. The van der Waals surface area contributed by atoms with Crippen LogP contribution >= 0.6 is 22.9 Å². The second-order valence-electron chi connectivity index (χ2n) is 4.57. The molecule has 0 saturated carbocycles. The SMILES string of the molecule is Cc1nc(CN(C)c2nnc(Cl)c3ccccc23)cs1. The number of anilines is 1. The summed E-state index contributed by atoms with van der Waals surface area (Å²) in [4.78, 5) is 6.52. The lowest BCUT2D eigenvalue weighted by atomic mass is 10.2. The van der Waals surface area contributed by atoms with Gasteiger partial charge in [-0.1, -0.05) is 35.9 Å². The molecule has 0 aliphatic rings. The van der Waals surface area contributed by atoms with Gasteiger partial charge in [-0.2, -0.15) is 0 Å². The number of fused-ring (bicyclic) bond motifs is 1. The minimum Gasteiger partial charge on any atom is -0.352 e. The fourth-order valence-corrected chi connectivity index (χ4v) is 2.94. The molecule has 0 radical (unpaired) electrons. The van der Waals surface area contributed by atoms with Crippen LogP contribution in [0, 0.1) is 6.92 Å². The zero-order valence-corrected chi connectivity index (χ0v) is 12.7. The van der Waals surface area contributed by atoms with Crippen LogP contribution in [0.4, 0.5) is 5.82 Å². The predicted molar refractivity (Wildman–Crippen MR) is 83.5 cm³/mol. The van der Waals surface area contributed by atoms with Gasteiger partial charge in [0.2, 0.25) is 0 Å². The molecule has 6 heteroatoms. The number of thiazole rings is 1. The number of halogens is 1. The molecule has 0 aliphatic carbocycles. The van der Waals surface area contributed by atoms with Gasteiger partial charge < -0.3 is 4.90 Å². The van der Waals surface area contributed by atoms with Crippen molar-refractivity contribution in [1.29, 1.82) is 0 Å². The highest BCUT2D eigenvalue weighted by Crippen LogP contribution is 2.28. The van der Waals surface area contributed by atoms with E-state index >= 15 is 0 Å². The Hall–Kier alpha value is -1.72. The molecule has 0 saturated heterocycles. The Kier molecular flexibility index (Phi) is 3.54. The van der Waals surface area contributed by atoms with Gasteiger partial charge in [-0.15, -0.1) is 21.5 Å². The molecular weight excluding hydrogens is 292 g/mol. The minimum absolute atomic E-state index is 0.433. The number of nitrogens with zero attached hydrogens (tertiary/aromatic N) is 4. The molecule has 0 spiro atoms. The minimum atomic E-state index is 0.433. The number of aromatic nitrogens is 3. The fourth-order valence-electron chi connectivity index (χ4n) is 2.14. The average Bonchev–Trinajstić information content (AvgIpc) is 2.84. The summed E-state index contributed by atoms with van der Waals surface area (Å²) in [5.74, 6) is 0.815. The predicted octanol–water partition coefficient (Wildman–Crippen LogP) is 3.68. The van der Waals surface area contributed by atoms with Crippen LogP contribution in [0.15, 0.2) is 29.6 Å². The maximum Gasteiger partial charge on any atom is 0.159 e. The molecule has 2 aromatic heterocycles. The lowest BCUT2D eigenvalue weighted by Gasteiger charge is -2.18. The molecule has 0 N–H and O–H groups in total. The van der Waals surface area contributed by atoms with Crippen LogP contribution < -0.4 is 4.90 Å². The number of hydrogen-bond acceptors (Lipinski definition) is 5. The monoisotopic (exact) mass is 304 g/mol. The summed E-state index contributed by atoms with van der Waals surface area (Å²) in [6, 6.07) is 7.89. The van der Waals surface area contributed by atoms with E-state index in [1.807, 2.05) is 43.1 Å². The maximum atomic E-state index is 6.09. The third-order valence-electron chi connectivity index (χ3n) is 3.05. The van der Waals surface area contributed by atoms with E-state index < -0.39 is 0 Å². The first-order valence-corrected chi connectivity index (χ1v) is 7.44. The van der Waals surface area contributed by atoms with Gasteiger partial charge in [0.1, 0.15) is 0 Å². The summed E-state index contributed by atoms with van der Waals surface area (Å²) in [6.07, 6.45) is 0. The largest absolute Gasteiger partial charge is 0.352 e. The molecule has 0 amide bonds. The van der Waals surface area contributed by atoms with Crippen molar-refractivity contribution in [3.63, 3.8) is 0 Å². The Morgan fingerprint density at radius 1 is 1.20 bits per heavy atom. The van der Waals surface area contributed by atoms with Gasteiger partial charge in [0.25, 0.3) is 0 Å². The first kappa shape index (κ1) is 13.3. The lowest BCUT2D eigenvalue weighted by molar-refractivity contribution is 0.854. The van der Waals surface area contributed by atoms with Gasteiger partial charge >= 0.3 is 0 Å². The van der Waals surface area contributed by atoms with E-state index in [0.717, 1.165) is 27.3 Å². The van der Waals surface area contributed by atoms with Gasteiger partial charge in [-0.05, 0) is 6.92 Å². The first-order valence-electron chi connectivity index (χ1n) is 6.18. The standard InChI is InChI=1S/C14H13ClN4S/c1-9-16-10(8-20-9)7-19(2)14-12-6-4-3-5-11(12)13(15)17-18-14/h3-6,8H,7H2,1-2H3. The Balaban J connectivity index is 1.99. The van der Waals surface area contributed by atoms with Gasteiger partial charge in [0.05, 0.1) is 17.2 Å². The van der Waals surface area contributed by atoms with Crippen molar-refractivity contribution < 1.29 is 0 Å². The Labute approximate surface area is 126 Å². The van der Waals surface area contributed by atoms with E-state index in [-0.39, 0.29) is 0 Å². The molecule has 4 nitrogen and oxygen atoms in total. The molecule has 0 unspecified atom stereocenters. The molecule has 20 heavy (non-hydrogen) atoms. The highest BCUT2D eigenvalue weighted by molar-refractivity contribution is 7.09. The van der Waals surface area contributed by atoms with Gasteiger partial charge in [0.15, 0.2) is 11.0 Å². The summed E-state index contributed by atoms with van der Waals surface area (Å²) in [5.41, 5.74) is 1.04. The first-order chi connectivity index (χ1) is 9.65. The molecule has 0 aliphatic heterocycles. The number of rotatable bonds is 3. The fraction of sp³-hybridized carbons (Fsp3) is 0.214. The van der Waals surface area contributed by atoms with E-state index in [0.29, 0.717) is 11.7 Å². The summed E-state index contributed by atoms with van der Waals surface area (Å²) >= 11 is 7.75. The van der Waals surface area contributed by atoms with Crippen molar-refractivity contribution >= 4 is 39.5 Å². The van der Waals surface area contributed by atoms with Crippen molar-refractivity contribution in [3.8, 4) is 0 Å². The smallest absolute Gasteiger partial charge is 0.159 e. The molecule has 0 fully saturated rings. The number of aryl methyl sites for hydroxylation is 1. The molecule has 3 rings (SSSR count). The quantitative estimate of drug-likeness (QED) is 0.740.